The Morgan fingerprint density at radius 2 is 2.05 bits per heavy atom. The Morgan fingerprint density at radius 1 is 1.32 bits per heavy atom. The average molecular weight is 256 g/mol. The van der Waals surface area contributed by atoms with Crippen molar-refractivity contribution in [3.8, 4) is 0 Å². The fourth-order valence-electron chi connectivity index (χ4n) is 1.84. The van der Waals surface area contributed by atoms with Crippen molar-refractivity contribution < 1.29 is 15.0 Å². The first-order chi connectivity index (χ1) is 8.98. The molecule has 0 bridgehead atoms. The number of allylic oxidation sites excluding steroid dienone is 3. The van der Waals surface area contributed by atoms with Crippen LogP contribution in [-0.4, -0.2) is 21.8 Å². The predicted molar refractivity (Wildman–Crippen MR) is 74.2 cm³/mol. The molecule has 98 valence electrons. The van der Waals surface area contributed by atoms with Crippen molar-refractivity contribution in [2.45, 2.75) is 19.1 Å². The molecule has 0 spiro atoms. The van der Waals surface area contributed by atoms with Crippen molar-refractivity contribution in [3.05, 3.63) is 65.3 Å². The third kappa shape index (κ3) is 3.50. The number of aryl methyl sites for hydroxylation is 1. The van der Waals surface area contributed by atoms with E-state index in [4.69, 9.17) is 0 Å². The molecule has 1 aromatic carbocycles. The number of aliphatic hydroxyl groups is 2. The summed E-state index contributed by atoms with van der Waals surface area (Å²) in [4.78, 5) is 11.9. The summed E-state index contributed by atoms with van der Waals surface area (Å²) in [6, 6.07) is 7.79. The minimum Gasteiger partial charge on any atom is -0.362 e. The molecular weight excluding hydrogens is 240 g/mol. The smallest absolute Gasteiger partial charge is 0.186 e. The molecule has 0 heterocycles. The van der Waals surface area contributed by atoms with Crippen molar-refractivity contribution in [3.63, 3.8) is 0 Å². The highest BCUT2D eigenvalue weighted by Gasteiger charge is 2.21. The van der Waals surface area contributed by atoms with E-state index in [0.717, 1.165) is 11.1 Å². The van der Waals surface area contributed by atoms with Gasteiger partial charge in [0.2, 0.25) is 0 Å². The highest BCUT2D eigenvalue weighted by Crippen LogP contribution is 2.19. The molecule has 2 rings (SSSR count). The van der Waals surface area contributed by atoms with Crippen LogP contribution in [0.25, 0.3) is 6.08 Å². The normalized spacial score (nSPS) is 17.5. The zero-order valence-electron chi connectivity index (χ0n) is 10.7. The second-order valence-electron chi connectivity index (χ2n) is 4.63. The molecule has 0 amide bonds. The van der Waals surface area contributed by atoms with Gasteiger partial charge in [-0.25, -0.2) is 0 Å². The van der Waals surface area contributed by atoms with Gasteiger partial charge in [-0.3, -0.25) is 4.79 Å². The Labute approximate surface area is 112 Å². The molecule has 1 aliphatic carbocycles. The second-order valence-corrected chi connectivity index (χ2v) is 4.63. The molecule has 3 heteroatoms. The minimum absolute atomic E-state index is 0.0305. The van der Waals surface area contributed by atoms with Crippen LogP contribution >= 0.6 is 0 Å². The fraction of sp³-hybridized carbons (Fsp3) is 0.188. The molecule has 0 fully saturated rings. The Morgan fingerprint density at radius 3 is 2.68 bits per heavy atom. The summed E-state index contributed by atoms with van der Waals surface area (Å²) in [5, 5.41) is 18.6. The summed E-state index contributed by atoms with van der Waals surface area (Å²) in [6.45, 7) is 1.98. The Kier molecular flexibility index (Phi) is 3.79. The standard InChI is InChI=1S/C16H16O3/c1-12-4-2-3-5-13(12)6-7-15(17)14-8-10-16(18,19)11-9-14/h2-10,18-19H,11H2,1H3/b7-6+. The van der Waals surface area contributed by atoms with Crippen molar-refractivity contribution >= 4 is 11.9 Å². The van der Waals surface area contributed by atoms with Crippen LogP contribution in [0.4, 0.5) is 0 Å². The largest absolute Gasteiger partial charge is 0.362 e. The quantitative estimate of drug-likeness (QED) is 0.643. The van der Waals surface area contributed by atoms with Crippen LogP contribution in [0.2, 0.25) is 0 Å². The van der Waals surface area contributed by atoms with Crippen molar-refractivity contribution in [2.75, 3.05) is 0 Å². The number of hydrogen-bond donors (Lipinski definition) is 2. The van der Waals surface area contributed by atoms with Crippen LogP contribution < -0.4 is 0 Å². The van der Waals surface area contributed by atoms with Gasteiger partial charge in [0.05, 0.1) is 0 Å². The lowest BCUT2D eigenvalue weighted by atomic mass is 9.98. The maximum atomic E-state index is 11.9. The average Bonchev–Trinajstić information content (AvgIpc) is 2.37. The molecule has 0 radical (unpaired) electrons. The molecule has 0 saturated heterocycles. The second kappa shape index (κ2) is 5.34. The topological polar surface area (TPSA) is 57.5 Å². The van der Waals surface area contributed by atoms with E-state index in [-0.39, 0.29) is 12.2 Å². The Balaban J connectivity index is 2.09. The van der Waals surface area contributed by atoms with Crippen LogP contribution in [0.3, 0.4) is 0 Å². The van der Waals surface area contributed by atoms with E-state index in [9.17, 15) is 15.0 Å². The number of hydrogen-bond acceptors (Lipinski definition) is 3. The highest BCUT2D eigenvalue weighted by atomic mass is 16.5. The van der Waals surface area contributed by atoms with E-state index < -0.39 is 5.79 Å². The van der Waals surface area contributed by atoms with Gasteiger partial charge in [-0.15, -0.1) is 0 Å². The molecule has 3 nitrogen and oxygen atoms in total. The maximum Gasteiger partial charge on any atom is 0.186 e. The van der Waals surface area contributed by atoms with Crippen LogP contribution in [0.15, 0.2) is 54.1 Å². The molecule has 2 N–H and O–H groups in total. The molecule has 0 saturated carbocycles. The van der Waals surface area contributed by atoms with Crippen LogP contribution in [-0.2, 0) is 4.79 Å². The Bertz CT molecular complexity index is 577. The third-order valence-corrected chi connectivity index (χ3v) is 3.04. The van der Waals surface area contributed by atoms with Gasteiger partial charge in [-0.2, -0.15) is 0 Å². The van der Waals surface area contributed by atoms with E-state index >= 15 is 0 Å². The van der Waals surface area contributed by atoms with Gasteiger partial charge < -0.3 is 10.2 Å². The van der Waals surface area contributed by atoms with E-state index in [2.05, 4.69) is 0 Å². The molecule has 0 aliphatic heterocycles. The van der Waals surface area contributed by atoms with Crippen LogP contribution in [0, 0.1) is 6.92 Å². The highest BCUT2D eigenvalue weighted by molar-refractivity contribution is 6.08. The van der Waals surface area contributed by atoms with Gasteiger partial charge in [0.25, 0.3) is 0 Å². The first-order valence-electron chi connectivity index (χ1n) is 6.10. The minimum atomic E-state index is -1.83. The summed E-state index contributed by atoms with van der Waals surface area (Å²) >= 11 is 0. The maximum absolute atomic E-state index is 11.9. The van der Waals surface area contributed by atoms with E-state index in [0.29, 0.717) is 5.57 Å². The lowest BCUT2D eigenvalue weighted by Gasteiger charge is -2.18. The first-order valence-corrected chi connectivity index (χ1v) is 6.10. The van der Waals surface area contributed by atoms with Gasteiger partial charge in [0, 0.05) is 12.0 Å². The molecule has 1 aliphatic rings. The molecule has 1 aromatic rings. The number of carbonyl (C=O) groups excluding carboxylic acids is 1. The zero-order chi connectivity index (χ0) is 13.9. The van der Waals surface area contributed by atoms with E-state index in [1.54, 1.807) is 6.08 Å². The molecular formula is C16H16O3. The van der Waals surface area contributed by atoms with Gasteiger partial charge in [0.1, 0.15) is 0 Å². The number of ketones is 1. The Hall–Kier alpha value is -1.97. The van der Waals surface area contributed by atoms with E-state index in [1.165, 1.54) is 24.3 Å². The van der Waals surface area contributed by atoms with Crippen LogP contribution in [0.1, 0.15) is 17.5 Å². The zero-order valence-corrected chi connectivity index (χ0v) is 10.7. The lowest BCUT2D eigenvalue weighted by Crippen LogP contribution is -2.26. The van der Waals surface area contributed by atoms with Gasteiger partial charge >= 0.3 is 0 Å². The summed E-state index contributed by atoms with van der Waals surface area (Å²) in [7, 11) is 0. The predicted octanol–water partition coefficient (Wildman–Crippen LogP) is 2.14. The number of rotatable bonds is 3. The molecule has 0 atom stereocenters. The lowest BCUT2D eigenvalue weighted by molar-refractivity contribution is -0.116. The summed E-state index contributed by atoms with van der Waals surface area (Å²) in [6.07, 6.45) is 7.50. The summed E-state index contributed by atoms with van der Waals surface area (Å²) in [5.74, 6) is -1.97. The third-order valence-electron chi connectivity index (χ3n) is 3.04. The number of carbonyl (C=O) groups is 1. The monoisotopic (exact) mass is 256 g/mol. The first kappa shape index (κ1) is 13.5. The van der Waals surface area contributed by atoms with Crippen molar-refractivity contribution in [1.82, 2.24) is 0 Å². The molecule has 0 unspecified atom stereocenters. The van der Waals surface area contributed by atoms with E-state index in [1.807, 2.05) is 31.2 Å². The fourth-order valence-corrected chi connectivity index (χ4v) is 1.84. The van der Waals surface area contributed by atoms with Crippen molar-refractivity contribution in [2.24, 2.45) is 0 Å². The SMILES string of the molecule is Cc1ccccc1/C=C/C(=O)C1=CCC(O)(O)C=C1. The van der Waals surface area contributed by atoms with Crippen molar-refractivity contribution in [1.29, 1.82) is 0 Å². The molecule has 19 heavy (non-hydrogen) atoms. The number of benzene rings is 1. The van der Waals surface area contributed by atoms with Gasteiger partial charge in [-0.05, 0) is 30.2 Å². The van der Waals surface area contributed by atoms with Crippen LogP contribution in [0.5, 0.6) is 0 Å². The van der Waals surface area contributed by atoms with Gasteiger partial charge in [-0.1, -0.05) is 42.5 Å². The summed E-state index contributed by atoms with van der Waals surface area (Å²) in [5.41, 5.74) is 2.57. The van der Waals surface area contributed by atoms with Gasteiger partial charge in [0.15, 0.2) is 11.6 Å². The summed E-state index contributed by atoms with van der Waals surface area (Å²) < 4.78 is 0. The molecule has 0 aromatic heterocycles.